The minimum absolute atomic E-state index is 0.189. The van der Waals surface area contributed by atoms with Gasteiger partial charge in [-0.2, -0.15) is 0 Å². The summed E-state index contributed by atoms with van der Waals surface area (Å²) in [5, 5.41) is 0. The molecule has 4 atom stereocenters. The van der Waals surface area contributed by atoms with Gasteiger partial charge in [0.25, 0.3) is 0 Å². The third-order valence-electron chi connectivity index (χ3n) is 5.70. The maximum atomic E-state index is 12.6. The smallest absolute Gasteiger partial charge is 0.142 e. The van der Waals surface area contributed by atoms with Gasteiger partial charge < -0.3 is 4.79 Å². The highest BCUT2D eigenvalue weighted by molar-refractivity contribution is 5.91. The van der Waals surface area contributed by atoms with E-state index in [9.17, 15) is 9.59 Å². The highest BCUT2D eigenvalue weighted by Gasteiger charge is 2.62. The standard InChI is InChI=1S/C15H24O2/c1-9(6-10(2)16)15(5)8-11-7-12(13(15)17)14(11,3)4/h9,11-12H,6-8H2,1-5H3/t9-,11?,12+,15+/m1/s1. The summed E-state index contributed by atoms with van der Waals surface area (Å²) in [6, 6.07) is 0. The normalized spacial score (nSPS) is 40.6. The van der Waals surface area contributed by atoms with E-state index in [0.717, 1.165) is 12.8 Å². The molecule has 2 bridgehead atoms. The van der Waals surface area contributed by atoms with E-state index in [1.165, 1.54) is 0 Å². The van der Waals surface area contributed by atoms with Crippen molar-refractivity contribution in [3.8, 4) is 0 Å². The van der Waals surface area contributed by atoms with Gasteiger partial charge in [0.05, 0.1) is 0 Å². The van der Waals surface area contributed by atoms with E-state index in [0.29, 0.717) is 18.1 Å². The topological polar surface area (TPSA) is 34.1 Å². The van der Waals surface area contributed by atoms with Crippen molar-refractivity contribution < 1.29 is 9.59 Å². The predicted octanol–water partition coefficient (Wildman–Crippen LogP) is 3.24. The molecular weight excluding hydrogens is 212 g/mol. The van der Waals surface area contributed by atoms with Crippen LogP contribution in [0.15, 0.2) is 0 Å². The number of Topliss-reactive ketones (excluding diaryl/α,β-unsaturated/α-hetero) is 2. The molecule has 3 aliphatic carbocycles. The molecule has 2 heteroatoms. The van der Waals surface area contributed by atoms with Gasteiger partial charge in [0.2, 0.25) is 0 Å². The first-order valence-electron chi connectivity index (χ1n) is 6.73. The number of fused-ring (bicyclic) bond motifs is 2. The van der Waals surface area contributed by atoms with Crippen molar-refractivity contribution in [3.63, 3.8) is 0 Å². The average Bonchev–Trinajstić information content (AvgIpc) is 2.20. The molecule has 3 saturated carbocycles. The van der Waals surface area contributed by atoms with Crippen molar-refractivity contribution in [2.45, 2.75) is 53.9 Å². The summed E-state index contributed by atoms with van der Waals surface area (Å²) >= 11 is 0. The summed E-state index contributed by atoms with van der Waals surface area (Å²) in [6.45, 7) is 10.2. The van der Waals surface area contributed by atoms with Crippen LogP contribution in [0.25, 0.3) is 0 Å². The van der Waals surface area contributed by atoms with Gasteiger partial charge in [0.15, 0.2) is 0 Å². The molecule has 1 unspecified atom stereocenters. The fourth-order valence-electron chi connectivity index (χ4n) is 3.92. The van der Waals surface area contributed by atoms with Crippen LogP contribution in [0, 0.1) is 28.6 Å². The molecule has 0 heterocycles. The third kappa shape index (κ3) is 1.68. The molecule has 0 amide bonds. The van der Waals surface area contributed by atoms with E-state index in [1.807, 2.05) is 0 Å². The first-order chi connectivity index (χ1) is 7.69. The second-order valence-electron chi connectivity index (χ2n) is 7.10. The molecule has 2 nitrogen and oxygen atoms in total. The van der Waals surface area contributed by atoms with Crippen LogP contribution in [0.5, 0.6) is 0 Å². The molecule has 0 aliphatic heterocycles. The number of hydrogen-bond donors (Lipinski definition) is 0. The maximum absolute atomic E-state index is 12.6. The van der Waals surface area contributed by atoms with Gasteiger partial charge in [0, 0.05) is 17.8 Å². The van der Waals surface area contributed by atoms with Gasteiger partial charge in [-0.1, -0.05) is 27.7 Å². The number of rotatable bonds is 3. The van der Waals surface area contributed by atoms with E-state index >= 15 is 0 Å². The lowest BCUT2D eigenvalue weighted by atomic mass is 9.41. The number of carbonyl (C=O) groups is 2. The van der Waals surface area contributed by atoms with Crippen LogP contribution in [-0.4, -0.2) is 11.6 Å². The molecule has 0 aromatic carbocycles. The summed E-state index contributed by atoms with van der Waals surface area (Å²) in [6.07, 6.45) is 2.60. The Balaban J connectivity index is 2.19. The Morgan fingerprint density at radius 2 is 2.00 bits per heavy atom. The lowest BCUT2D eigenvalue weighted by molar-refractivity contribution is -0.173. The van der Waals surface area contributed by atoms with Gasteiger partial charge in [-0.3, -0.25) is 4.79 Å². The Morgan fingerprint density at radius 1 is 1.41 bits per heavy atom. The molecule has 3 rings (SSSR count). The molecule has 0 saturated heterocycles. The highest BCUT2D eigenvalue weighted by Crippen LogP contribution is 2.63. The third-order valence-corrected chi connectivity index (χ3v) is 5.70. The van der Waals surface area contributed by atoms with Crippen molar-refractivity contribution >= 4 is 11.6 Å². The monoisotopic (exact) mass is 236 g/mol. The molecule has 0 spiro atoms. The molecule has 0 aromatic heterocycles. The van der Waals surface area contributed by atoms with Crippen LogP contribution >= 0.6 is 0 Å². The van der Waals surface area contributed by atoms with E-state index < -0.39 is 0 Å². The average molecular weight is 236 g/mol. The Morgan fingerprint density at radius 3 is 2.41 bits per heavy atom. The number of carbonyl (C=O) groups excluding carboxylic acids is 2. The minimum atomic E-state index is -0.255. The Hall–Kier alpha value is -0.660. The zero-order chi connectivity index (χ0) is 13.0. The van der Waals surface area contributed by atoms with Crippen LogP contribution in [0.3, 0.4) is 0 Å². The first kappa shape index (κ1) is 12.8. The molecule has 0 radical (unpaired) electrons. The summed E-state index contributed by atoms with van der Waals surface area (Å²) in [4.78, 5) is 23.9. The quantitative estimate of drug-likeness (QED) is 0.754. The zero-order valence-corrected chi connectivity index (χ0v) is 11.7. The van der Waals surface area contributed by atoms with Crippen LogP contribution in [0.1, 0.15) is 53.9 Å². The van der Waals surface area contributed by atoms with E-state index in [-0.39, 0.29) is 28.4 Å². The fourth-order valence-corrected chi connectivity index (χ4v) is 3.92. The van der Waals surface area contributed by atoms with E-state index in [4.69, 9.17) is 0 Å². The molecule has 3 aliphatic rings. The van der Waals surface area contributed by atoms with Crippen molar-refractivity contribution in [1.82, 2.24) is 0 Å². The first-order valence-corrected chi connectivity index (χ1v) is 6.73. The van der Waals surface area contributed by atoms with Crippen LogP contribution in [-0.2, 0) is 9.59 Å². The molecular formula is C15H24O2. The lowest BCUT2D eigenvalue weighted by Crippen LogP contribution is -2.61. The fraction of sp³-hybridized carbons (Fsp3) is 0.867. The number of hydrogen-bond acceptors (Lipinski definition) is 2. The van der Waals surface area contributed by atoms with Crippen molar-refractivity contribution in [2.24, 2.45) is 28.6 Å². The largest absolute Gasteiger partial charge is 0.300 e. The van der Waals surface area contributed by atoms with Crippen LogP contribution in [0.4, 0.5) is 0 Å². The van der Waals surface area contributed by atoms with Gasteiger partial charge in [-0.05, 0) is 37.0 Å². The van der Waals surface area contributed by atoms with Gasteiger partial charge >= 0.3 is 0 Å². The Bertz CT molecular complexity index is 369. The number of ketones is 2. The summed E-state index contributed by atoms with van der Waals surface area (Å²) < 4.78 is 0. The maximum Gasteiger partial charge on any atom is 0.142 e. The second kappa shape index (κ2) is 3.66. The molecule has 0 aromatic rings. The molecule has 96 valence electrons. The van der Waals surface area contributed by atoms with Gasteiger partial charge in [-0.25, -0.2) is 0 Å². The predicted molar refractivity (Wildman–Crippen MR) is 67.6 cm³/mol. The highest BCUT2D eigenvalue weighted by atomic mass is 16.1. The van der Waals surface area contributed by atoms with Crippen molar-refractivity contribution in [1.29, 1.82) is 0 Å². The molecule has 17 heavy (non-hydrogen) atoms. The molecule has 0 N–H and O–H groups in total. The lowest BCUT2D eigenvalue weighted by Gasteiger charge is -2.61. The SMILES string of the molecule is CC(=O)C[C@@H](C)[C@]1(C)CC2C[C@@H](C1=O)C2(C)C. The van der Waals surface area contributed by atoms with Crippen molar-refractivity contribution in [3.05, 3.63) is 0 Å². The van der Waals surface area contributed by atoms with Gasteiger partial charge in [0.1, 0.15) is 11.6 Å². The van der Waals surface area contributed by atoms with Crippen LogP contribution in [0.2, 0.25) is 0 Å². The van der Waals surface area contributed by atoms with E-state index in [1.54, 1.807) is 6.92 Å². The molecule has 3 fully saturated rings. The summed E-state index contributed by atoms with van der Waals surface area (Å²) in [5.41, 5.74) is -0.0543. The minimum Gasteiger partial charge on any atom is -0.300 e. The Kier molecular flexibility index (Phi) is 2.76. The van der Waals surface area contributed by atoms with E-state index in [2.05, 4.69) is 27.7 Å². The van der Waals surface area contributed by atoms with Gasteiger partial charge in [-0.15, -0.1) is 0 Å². The summed E-state index contributed by atoms with van der Waals surface area (Å²) in [5.74, 6) is 1.71. The zero-order valence-electron chi connectivity index (χ0n) is 11.7. The van der Waals surface area contributed by atoms with Crippen LogP contribution < -0.4 is 0 Å². The summed E-state index contributed by atoms with van der Waals surface area (Å²) in [7, 11) is 0. The second-order valence-corrected chi connectivity index (χ2v) is 7.10. The Labute approximate surface area is 104 Å². The van der Waals surface area contributed by atoms with Crippen molar-refractivity contribution in [2.75, 3.05) is 0 Å².